The molecule has 0 aromatic heterocycles. The first-order chi connectivity index (χ1) is 9.34. The molecule has 3 nitrogen and oxygen atoms in total. The first-order valence-electron chi connectivity index (χ1n) is 7.09. The number of carbonyl (C=O) groups is 1. The number of nitrogens with two attached hydrogens (primary N) is 1. The van der Waals surface area contributed by atoms with Crippen molar-refractivity contribution in [2.24, 2.45) is 11.1 Å². The molecule has 0 heterocycles. The molecule has 1 amide bonds. The van der Waals surface area contributed by atoms with Gasteiger partial charge in [0.05, 0.1) is 6.04 Å². The first kappa shape index (κ1) is 17.0. The van der Waals surface area contributed by atoms with Crippen LogP contribution in [0.5, 0.6) is 0 Å². The molecule has 3 N–H and O–H groups in total. The van der Waals surface area contributed by atoms with Crippen LogP contribution in [-0.2, 0) is 4.79 Å². The van der Waals surface area contributed by atoms with E-state index in [0.717, 1.165) is 18.4 Å². The molecule has 1 aromatic rings. The summed E-state index contributed by atoms with van der Waals surface area (Å²) < 4.78 is 0. The van der Waals surface area contributed by atoms with Gasteiger partial charge in [0, 0.05) is 11.4 Å². The van der Waals surface area contributed by atoms with E-state index >= 15 is 0 Å². The molecule has 0 spiro atoms. The van der Waals surface area contributed by atoms with Gasteiger partial charge in [-0.2, -0.15) is 0 Å². The zero-order valence-corrected chi connectivity index (χ0v) is 13.3. The summed E-state index contributed by atoms with van der Waals surface area (Å²) in [6.07, 6.45) is 2.32. The van der Waals surface area contributed by atoms with Crippen LogP contribution in [0.1, 0.15) is 51.6 Å². The highest BCUT2D eigenvalue weighted by atomic mass is 35.5. The highest BCUT2D eigenvalue weighted by Gasteiger charge is 2.19. The summed E-state index contributed by atoms with van der Waals surface area (Å²) in [6, 6.07) is 7.54. The van der Waals surface area contributed by atoms with Crippen LogP contribution in [0.3, 0.4) is 0 Å². The second kappa shape index (κ2) is 7.65. The molecule has 0 aliphatic rings. The third-order valence-corrected chi connectivity index (χ3v) is 3.85. The molecule has 4 heteroatoms. The van der Waals surface area contributed by atoms with Crippen molar-refractivity contribution in [1.82, 2.24) is 5.32 Å². The minimum atomic E-state index is -0.00242. The Bertz CT molecular complexity index is 429. The molecule has 112 valence electrons. The Labute approximate surface area is 126 Å². The molecule has 1 rings (SSSR count). The van der Waals surface area contributed by atoms with Crippen molar-refractivity contribution in [2.75, 3.05) is 6.54 Å². The largest absolute Gasteiger partial charge is 0.350 e. The molecule has 0 aliphatic heterocycles. The van der Waals surface area contributed by atoms with E-state index in [4.69, 9.17) is 17.3 Å². The smallest absolute Gasteiger partial charge is 0.220 e. The molecule has 0 radical (unpaired) electrons. The van der Waals surface area contributed by atoms with Crippen molar-refractivity contribution in [3.63, 3.8) is 0 Å². The summed E-state index contributed by atoms with van der Waals surface area (Å²) in [6.45, 7) is 6.94. The Balaban J connectivity index is 2.44. The maximum absolute atomic E-state index is 12.0. The van der Waals surface area contributed by atoms with Crippen molar-refractivity contribution in [2.45, 2.75) is 46.1 Å². The van der Waals surface area contributed by atoms with Gasteiger partial charge >= 0.3 is 0 Å². The highest BCUT2D eigenvalue weighted by Crippen LogP contribution is 2.26. The monoisotopic (exact) mass is 296 g/mol. The third kappa shape index (κ3) is 5.93. The topological polar surface area (TPSA) is 55.1 Å². The summed E-state index contributed by atoms with van der Waals surface area (Å²) in [5.41, 5.74) is 6.76. The summed E-state index contributed by atoms with van der Waals surface area (Å²) in [4.78, 5) is 12.0. The fourth-order valence-corrected chi connectivity index (χ4v) is 2.24. The van der Waals surface area contributed by atoms with E-state index in [1.807, 2.05) is 31.2 Å². The molecule has 0 aliphatic carbocycles. The van der Waals surface area contributed by atoms with E-state index in [1.165, 1.54) is 0 Å². The van der Waals surface area contributed by atoms with E-state index in [9.17, 15) is 4.79 Å². The molecular weight excluding hydrogens is 272 g/mol. The highest BCUT2D eigenvalue weighted by molar-refractivity contribution is 6.30. The lowest BCUT2D eigenvalue weighted by atomic mass is 9.84. The number of hydrogen-bond acceptors (Lipinski definition) is 2. The van der Waals surface area contributed by atoms with Crippen LogP contribution in [0.4, 0.5) is 0 Å². The quantitative estimate of drug-likeness (QED) is 0.806. The minimum Gasteiger partial charge on any atom is -0.350 e. The predicted molar refractivity (Wildman–Crippen MR) is 84.7 cm³/mol. The normalized spacial score (nSPS) is 13.1. The van der Waals surface area contributed by atoms with Crippen molar-refractivity contribution in [1.29, 1.82) is 0 Å². The number of halogens is 1. The Morgan fingerprint density at radius 1 is 1.30 bits per heavy atom. The van der Waals surface area contributed by atoms with Gasteiger partial charge in [-0.15, -0.1) is 0 Å². The van der Waals surface area contributed by atoms with Gasteiger partial charge in [0.1, 0.15) is 0 Å². The Morgan fingerprint density at radius 3 is 2.45 bits per heavy atom. The van der Waals surface area contributed by atoms with Crippen molar-refractivity contribution in [3.8, 4) is 0 Å². The molecule has 0 saturated heterocycles. The first-order valence-corrected chi connectivity index (χ1v) is 7.47. The summed E-state index contributed by atoms with van der Waals surface area (Å²) in [5, 5.41) is 3.72. The molecule has 1 atom stereocenters. The van der Waals surface area contributed by atoms with Gasteiger partial charge in [-0.05, 0) is 49.4 Å². The van der Waals surface area contributed by atoms with Crippen molar-refractivity contribution >= 4 is 17.5 Å². The van der Waals surface area contributed by atoms with Gasteiger partial charge in [0.25, 0.3) is 0 Å². The Morgan fingerprint density at radius 2 is 1.90 bits per heavy atom. The molecular formula is C16H25ClN2O. The van der Waals surface area contributed by atoms with E-state index in [0.29, 0.717) is 18.0 Å². The zero-order valence-electron chi connectivity index (χ0n) is 12.6. The van der Waals surface area contributed by atoms with Crippen LogP contribution in [0.2, 0.25) is 5.02 Å². The van der Waals surface area contributed by atoms with E-state index in [1.54, 1.807) is 0 Å². The summed E-state index contributed by atoms with van der Waals surface area (Å²) in [7, 11) is 0. The van der Waals surface area contributed by atoms with E-state index in [-0.39, 0.29) is 17.4 Å². The van der Waals surface area contributed by atoms with Gasteiger partial charge in [-0.1, -0.05) is 37.6 Å². The van der Waals surface area contributed by atoms with Crippen LogP contribution in [0.15, 0.2) is 24.3 Å². The molecule has 1 unspecified atom stereocenters. The average Bonchev–Trinajstić information content (AvgIpc) is 2.37. The molecule has 0 fully saturated rings. The predicted octanol–water partition coefficient (Wildman–Crippen LogP) is 3.67. The van der Waals surface area contributed by atoms with Crippen LogP contribution in [0, 0.1) is 5.41 Å². The van der Waals surface area contributed by atoms with Gasteiger partial charge in [0.15, 0.2) is 0 Å². The number of benzene rings is 1. The molecule has 1 aromatic carbocycles. The number of hydrogen-bond donors (Lipinski definition) is 2. The van der Waals surface area contributed by atoms with Crippen LogP contribution in [-0.4, -0.2) is 12.5 Å². The van der Waals surface area contributed by atoms with E-state index in [2.05, 4.69) is 19.2 Å². The second-order valence-corrected chi connectivity index (χ2v) is 6.48. The lowest BCUT2D eigenvalue weighted by Gasteiger charge is -2.24. The van der Waals surface area contributed by atoms with Crippen LogP contribution < -0.4 is 11.1 Å². The lowest BCUT2D eigenvalue weighted by molar-refractivity contribution is -0.122. The van der Waals surface area contributed by atoms with E-state index < -0.39 is 0 Å². The van der Waals surface area contributed by atoms with Gasteiger partial charge in [-0.25, -0.2) is 0 Å². The minimum absolute atomic E-state index is 0.00242. The number of carbonyl (C=O) groups excluding carboxylic acids is 1. The molecule has 0 saturated carbocycles. The second-order valence-electron chi connectivity index (χ2n) is 6.04. The molecule has 20 heavy (non-hydrogen) atoms. The SMILES string of the molecule is CC(NC(=O)CCC(C)(C)CCN)c1ccc(Cl)cc1. The van der Waals surface area contributed by atoms with Crippen LogP contribution in [0.25, 0.3) is 0 Å². The maximum Gasteiger partial charge on any atom is 0.220 e. The number of rotatable bonds is 7. The van der Waals surface area contributed by atoms with Gasteiger partial charge < -0.3 is 11.1 Å². The van der Waals surface area contributed by atoms with Gasteiger partial charge in [-0.3, -0.25) is 4.79 Å². The number of amides is 1. The van der Waals surface area contributed by atoms with Gasteiger partial charge in [0.2, 0.25) is 5.91 Å². The maximum atomic E-state index is 12.0. The number of nitrogens with one attached hydrogen (secondary N) is 1. The Kier molecular flexibility index (Phi) is 6.50. The summed E-state index contributed by atoms with van der Waals surface area (Å²) in [5.74, 6) is 0.0811. The summed E-state index contributed by atoms with van der Waals surface area (Å²) >= 11 is 5.85. The fraction of sp³-hybridized carbons (Fsp3) is 0.562. The average molecular weight is 297 g/mol. The lowest BCUT2D eigenvalue weighted by Crippen LogP contribution is -2.28. The van der Waals surface area contributed by atoms with Crippen molar-refractivity contribution < 1.29 is 4.79 Å². The standard InChI is InChI=1S/C16H25ClN2O/c1-12(13-4-6-14(17)7-5-13)19-15(20)8-9-16(2,3)10-11-18/h4-7,12H,8-11,18H2,1-3H3,(H,19,20). The fourth-order valence-electron chi connectivity index (χ4n) is 2.12. The zero-order chi connectivity index (χ0) is 15.2. The molecule has 0 bridgehead atoms. The van der Waals surface area contributed by atoms with Crippen molar-refractivity contribution in [3.05, 3.63) is 34.9 Å². The Hall–Kier alpha value is -1.06. The van der Waals surface area contributed by atoms with Crippen LogP contribution >= 0.6 is 11.6 Å². The third-order valence-electron chi connectivity index (χ3n) is 3.60.